The molecule has 2 unspecified atom stereocenters. The molecule has 0 bridgehead atoms. The third-order valence-electron chi connectivity index (χ3n) is 2.91. The molecule has 1 heteroatoms. The van der Waals surface area contributed by atoms with Gasteiger partial charge in [-0.1, -0.05) is 20.3 Å². The molecule has 0 saturated heterocycles. The summed E-state index contributed by atoms with van der Waals surface area (Å²) in [7, 11) is 0. The van der Waals surface area contributed by atoms with Crippen LogP contribution in [0.25, 0.3) is 0 Å². The molecule has 0 aromatic rings. The lowest BCUT2D eigenvalue weighted by atomic mass is 9.92. The predicted octanol–water partition coefficient (Wildman–Crippen LogP) is 2.58. The number of hydrogen-bond acceptors (Lipinski definition) is 1. The minimum Gasteiger partial charge on any atom is -0.393 e. The van der Waals surface area contributed by atoms with Crippen LogP contribution >= 0.6 is 0 Å². The lowest BCUT2D eigenvalue weighted by molar-refractivity contribution is 0.140. The fourth-order valence-corrected chi connectivity index (χ4v) is 2.10. The zero-order valence-corrected chi connectivity index (χ0v) is 7.71. The molecule has 0 heterocycles. The first-order valence-corrected chi connectivity index (χ1v) is 4.90. The van der Waals surface area contributed by atoms with Gasteiger partial charge in [-0.05, 0) is 37.5 Å². The maximum Gasteiger partial charge on any atom is 0.0543 e. The first kappa shape index (κ1) is 9.05. The summed E-state index contributed by atoms with van der Waals surface area (Å²) in [6.45, 7) is 4.54. The highest BCUT2D eigenvalue weighted by atomic mass is 16.3. The Labute approximate surface area is 69.8 Å². The van der Waals surface area contributed by atoms with Gasteiger partial charge in [-0.2, -0.15) is 0 Å². The highest BCUT2D eigenvalue weighted by Gasteiger charge is 2.20. The van der Waals surface area contributed by atoms with Crippen LogP contribution in [0.1, 0.15) is 46.0 Å². The van der Waals surface area contributed by atoms with Crippen LogP contribution in [-0.2, 0) is 0 Å². The Morgan fingerprint density at radius 3 is 2.64 bits per heavy atom. The van der Waals surface area contributed by atoms with Crippen molar-refractivity contribution < 1.29 is 5.11 Å². The second-order valence-corrected chi connectivity index (χ2v) is 4.08. The van der Waals surface area contributed by atoms with Crippen LogP contribution in [0, 0.1) is 11.8 Å². The molecule has 0 aromatic carbocycles. The molecule has 1 nitrogen and oxygen atoms in total. The van der Waals surface area contributed by atoms with E-state index >= 15 is 0 Å². The number of hydrogen-bond donors (Lipinski definition) is 1. The molecule has 1 saturated carbocycles. The zero-order valence-electron chi connectivity index (χ0n) is 7.71. The van der Waals surface area contributed by atoms with Crippen molar-refractivity contribution in [1.82, 2.24) is 0 Å². The minimum atomic E-state index is -0.00935. The topological polar surface area (TPSA) is 20.2 Å². The van der Waals surface area contributed by atoms with Crippen LogP contribution in [-0.4, -0.2) is 11.2 Å². The molecule has 1 rings (SSSR count). The van der Waals surface area contributed by atoms with E-state index in [0.29, 0.717) is 0 Å². The lowest BCUT2D eigenvalue weighted by Gasteiger charge is -2.15. The average molecular weight is 156 g/mol. The van der Waals surface area contributed by atoms with Gasteiger partial charge in [0.2, 0.25) is 0 Å². The van der Waals surface area contributed by atoms with Gasteiger partial charge in [-0.25, -0.2) is 0 Å². The van der Waals surface area contributed by atoms with E-state index in [1.807, 2.05) is 0 Å². The molecular formula is C10H20O. The van der Waals surface area contributed by atoms with E-state index in [0.717, 1.165) is 24.7 Å². The van der Waals surface area contributed by atoms with E-state index in [9.17, 15) is 5.11 Å². The Hall–Kier alpha value is -0.0400. The Kier molecular flexibility index (Phi) is 3.38. The summed E-state index contributed by atoms with van der Waals surface area (Å²) in [5.41, 5.74) is 0. The first-order valence-electron chi connectivity index (χ1n) is 4.90. The van der Waals surface area contributed by atoms with Crippen molar-refractivity contribution in [2.24, 2.45) is 11.8 Å². The van der Waals surface area contributed by atoms with E-state index in [4.69, 9.17) is 0 Å². The van der Waals surface area contributed by atoms with Gasteiger partial charge in [-0.15, -0.1) is 0 Å². The van der Waals surface area contributed by atoms with Crippen molar-refractivity contribution in [3.8, 4) is 0 Å². The molecule has 0 spiro atoms. The number of aliphatic hydroxyl groups is 1. The SMILES string of the molecule is CCC1CC(C)CC[C@@H](O)C1. The quantitative estimate of drug-likeness (QED) is 0.578. The van der Waals surface area contributed by atoms with Gasteiger partial charge < -0.3 is 5.11 Å². The van der Waals surface area contributed by atoms with Crippen LogP contribution < -0.4 is 0 Å². The second-order valence-electron chi connectivity index (χ2n) is 4.08. The summed E-state index contributed by atoms with van der Waals surface area (Å²) < 4.78 is 0. The van der Waals surface area contributed by atoms with Crippen molar-refractivity contribution in [2.75, 3.05) is 0 Å². The molecule has 66 valence electrons. The van der Waals surface area contributed by atoms with Crippen LogP contribution in [0.2, 0.25) is 0 Å². The summed E-state index contributed by atoms with van der Waals surface area (Å²) in [6.07, 6.45) is 5.84. The van der Waals surface area contributed by atoms with Crippen molar-refractivity contribution in [1.29, 1.82) is 0 Å². The average Bonchev–Trinajstić information content (AvgIpc) is 2.13. The molecule has 1 aliphatic rings. The second kappa shape index (κ2) is 4.10. The van der Waals surface area contributed by atoms with Gasteiger partial charge in [0.05, 0.1) is 6.10 Å². The van der Waals surface area contributed by atoms with Crippen LogP contribution in [0.3, 0.4) is 0 Å². The third-order valence-corrected chi connectivity index (χ3v) is 2.91. The van der Waals surface area contributed by atoms with E-state index in [2.05, 4.69) is 13.8 Å². The molecule has 0 aliphatic heterocycles. The summed E-state index contributed by atoms with van der Waals surface area (Å²) >= 11 is 0. The summed E-state index contributed by atoms with van der Waals surface area (Å²) in [5, 5.41) is 9.51. The van der Waals surface area contributed by atoms with Gasteiger partial charge in [-0.3, -0.25) is 0 Å². The Balaban J connectivity index is 2.41. The Bertz CT molecular complexity index is 99.4. The van der Waals surface area contributed by atoms with Crippen molar-refractivity contribution in [3.63, 3.8) is 0 Å². The standard InChI is InChI=1S/C10H20O/c1-3-9-6-8(2)4-5-10(11)7-9/h8-11H,3-7H2,1-2H3/t8?,9?,10-/m1/s1. The van der Waals surface area contributed by atoms with Gasteiger partial charge in [0.1, 0.15) is 0 Å². The maximum absolute atomic E-state index is 9.51. The zero-order chi connectivity index (χ0) is 8.27. The normalized spacial score (nSPS) is 40.1. The molecule has 0 radical (unpaired) electrons. The van der Waals surface area contributed by atoms with Gasteiger partial charge in [0.15, 0.2) is 0 Å². The van der Waals surface area contributed by atoms with Crippen molar-refractivity contribution in [2.45, 2.75) is 52.1 Å². The van der Waals surface area contributed by atoms with Crippen LogP contribution in [0.15, 0.2) is 0 Å². The van der Waals surface area contributed by atoms with Crippen LogP contribution in [0.4, 0.5) is 0 Å². The van der Waals surface area contributed by atoms with E-state index < -0.39 is 0 Å². The largest absolute Gasteiger partial charge is 0.393 e. The first-order chi connectivity index (χ1) is 5.22. The molecule has 1 N–H and O–H groups in total. The molecule has 1 fully saturated rings. The Morgan fingerprint density at radius 1 is 1.27 bits per heavy atom. The van der Waals surface area contributed by atoms with Gasteiger partial charge >= 0.3 is 0 Å². The number of rotatable bonds is 1. The maximum atomic E-state index is 9.51. The summed E-state index contributed by atoms with van der Waals surface area (Å²) in [4.78, 5) is 0. The monoisotopic (exact) mass is 156 g/mol. The van der Waals surface area contributed by atoms with Gasteiger partial charge in [0.25, 0.3) is 0 Å². The van der Waals surface area contributed by atoms with Crippen LogP contribution in [0.5, 0.6) is 0 Å². The predicted molar refractivity (Wildman–Crippen MR) is 47.4 cm³/mol. The fourth-order valence-electron chi connectivity index (χ4n) is 2.10. The van der Waals surface area contributed by atoms with E-state index in [-0.39, 0.29) is 6.10 Å². The smallest absolute Gasteiger partial charge is 0.0543 e. The molecule has 3 atom stereocenters. The molecule has 0 aromatic heterocycles. The highest BCUT2D eigenvalue weighted by molar-refractivity contribution is 4.72. The molecular weight excluding hydrogens is 136 g/mol. The third kappa shape index (κ3) is 2.82. The van der Waals surface area contributed by atoms with Gasteiger partial charge in [0, 0.05) is 0 Å². The van der Waals surface area contributed by atoms with Crippen molar-refractivity contribution in [3.05, 3.63) is 0 Å². The highest BCUT2D eigenvalue weighted by Crippen LogP contribution is 2.29. The molecule has 1 aliphatic carbocycles. The van der Waals surface area contributed by atoms with Crippen molar-refractivity contribution >= 4 is 0 Å². The van der Waals surface area contributed by atoms with E-state index in [1.165, 1.54) is 19.3 Å². The summed E-state index contributed by atoms with van der Waals surface area (Å²) in [5.74, 6) is 1.61. The van der Waals surface area contributed by atoms with E-state index in [1.54, 1.807) is 0 Å². The minimum absolute atomic E-state index is 0.00935. The lowest BCUT2D eigenvalue weighted by Crippen LogP contribution is -2.09. The molecule has 0 amide bonds. The summed E-state index contributed by atoms with van der Waals surface area (Å²) in [6, 6.07) is 0. The fraction of sp³-hybridized carbons (Fsp3) is 1.00. The Morgan fingerprint density at radius 2 is 2.00 bits per heavy atom. The number of aliphatic hydroxyl groups excluding tert-OH is 1. The molecule has 11 heavy (non-hydrogen) atoms.